The summed E-state index contributed by atoms with van der Waals surface area (Å²) in [5, 5.41) is 3.70. The number of likely N-dealkylation sites (tertiary alicyclic amines) is 1. The fourth-order valence-corrected chi connectivity index (χ4v) is 3.01. The van der Waals surface area contributed by atoms with E-state index in [1.807, 2.05) is 26.0 Å². The van der Waals surface area contributed by atoms with Gasteiger partial charge in [-0.15, -0.1) is 0 Å². The summed E-state index contributed by atoms with van der Waals surface area (Å²) in [4.78, 5) is 14.6. The molecule has 23 heavy (non-hydrogen) atoms. The van der Waals surface area contributed by atoms with E-state index < -0.39 is 6.10 Å². The van der Waals surface area contributed by atoms with Crippen LogP contribution in [0.5, 0.6) is 5.75 Å². The van der Waals surface area contributed by atoms with Crippen LogP contribution in [0.25, 0.3) is 0 Å². The van der Waals surface area contributed by atoms with Gasteiger partial charge in [-0.3, -0.25) is 4.79 Å². The predicted molar refractivity (Wildman–Crippen MR) is 94.3 cm³/mol. The van der Waals surface area contributed by atoms with Gasteiger partial charge in [0, 0.05) is 11.6 Å². The van der Waals surface area contributed by atoms with E-state index in [1.165, 1.54) is 25.9 Å². The maximum Gasteiger partial charge on any atom is 0.260 e. The van der Waals surface area contributed by atoms with E-state index >= 15 is 0 Å². The van der Waals surface area contributed by atoms with Crippen molar-refractivity contribution in [3.63, 3.8) is 0 Å². The molecular weight excluding hydrogens is 312 g/mol. The van der Waals surface area contributed by atoms with Crippen molar-refractivity contribution >= 4 is 17.5 Å². The Kier molecular flexibility index (Phi) is 6.72. The quantitative estimate of drug-likeness (QED) is 0.775. The lowest BCUT2D eigenvalue weighted by atomic mass is 10.1. The molecule has 1 aromatic rings. The molecule has 1 amide bonds. The van der Waals surface area contributed by atoms with Crippen molar-refractivity contribution < 1.29 is 9.53 Å². The molecule has 1 fully saturated rings. The maximum atomic E-state index is 12.1. The van der Waals surface area contributed by atoms with Crippen molar-refractivity contribution in [2.75, 3.05) is 26.2 Å². The Morgan fingerprint density at radius 3 is 2.52 bits per heavy atom. The van der Waals surface area contributed by atoms with Crippen molar-refractivity contribution in [3.8, 4) is 5.75 Å². The summed E-state index contributed by atoms with van der Waals surface area (Å²) in [7, 11) is 0. The van der Waals surface area contributed by atoms with Gasteiger partial charge in [0.1, 0.15) is 5.75 Å². The first kappa shape index (κ1) is 18.1. The summed E-state index contributed by atoms with van der Waals surface area (Å²) in [5.41, 5.74) is 1.92. The summed E-state index contributed by atoms with van der Waals surface area (Å²) in [6, 6.07) is 3.74. The van der Waals surface area contributed by atoms with Gasteiger partial charge >= 0.3 is 0 Å². The molecule has 1 aliphatic rings. The number of nitrogens with one attached hydrogen (secondary N) is 1. The van der Waals surface area contributed by atoms with Gasteiger partial charge in [0.25, 0.3) is 5.91 Å². The summed E-state index contributed by atoms with van der Waals surface area (Å²) in [5.74, 6) is 0.612. The second-order valence-corrected chi connectivity index (χ2v) is 6.70. The molecule has 0 spiro atoms. The molecule has 1 saturated heterocycles. The first-order chi connectivity index (χ1) is 11.0. The summed E-state index contributed by atoms with van der Waals surface area (Å²) in [6.07, 6.45) is 3.08. The van der Waals surface area contributed by atoms with E-state index in [2.05, 4.69) is 10.2 Å². The Balaban J connectivity index is 1.73. The zero-order valence-electron chi connectivity index (χ0n) is 14.3. The SMILES string of the molecule is Cc1cc(OC(C)C(=O)NCCCN2CCCC2)cc(C)c1Cl. The van der Waals surface area contributed by atoms with E-state index in [-0.39, 0.29) is 5.91 Å². The van der Waals surface area contributed by atoms with Crippen LogP contribution in [-0.4, -0.2) is 43.1 Å². The van der Waals surface area contributed by atoms with Gasteiger partial charge < -0.3 is 15.0 Å². The zero-order chi connectivity index (χ0) is 16.8. The van der Waals surface area contributed by atoms with E-state index in [1.54, 1.807) is 6.92 Å². The lowest BCUT2D eigenvalue weighted by Gasteiger charge is -2.17. The summed E-state index contributed by atoms with van der Waals surface area (Å²) in [6.45, 7) is 9.80. The highest BCUT2D eigenvalue weighted by Crippen LogP contribution is 2.26. The summed E-state index contributed by atoms with van der Waals surface area (Å²) >= 11 is 6.15. The number of carbonyl (C=O) groups excluding carboxylic acids is 1. The van der Waals surface area contributed by atoms with E-state index in [4.69, 9.17) is 16.3 Å². The Morgan fingerprint density at radius 2 is 1.91 bits per heavy atom. The van der Waals surface area contributed by atoms with E-state index in [0.29, 0.717) is 12.3 Å². The fourth-order valence-electron chi connectivity index (χ4n) is 2.90. The molecule has 0 bridgehead atoms. The Morgan fingerprint density at radius 1 is 1.30 bits per heavy atom. The third-order valence-corrected chi connectivity index (χ3v) is 4.84. The van der Waals surface area contributed by atoms with Crippen molar-refractivity contribution in [3.05, 3.63) is 28.3 Å². The molecule has 1 aromatic carbocycles. The number of aryl methyl sites for hydroxylation is 2. The van der Waals surface area contributed by atoms with Crippen LogP contribution < -0.4 is 10.1 Å². The molecule has 1 heterocycles. The topological polar surface area (TPSA) is 41.6 Å². The fraction of sp³-hybridized carbons (Fsp3) is 0.611. The van der Waals surface area contributed by atoms with Crippen molar-refractivity contribution in [2.45, 2.75) is 46.1 Å². The second kappa shape index (κ2) is 8.55. The smallest absolute Gasteiger partial charge is 0.260 e. The van der Waals surface area contributed by atoms with Crippen LogP contribution in [0.15, 0.2) is 12.1 Å². The van der Waals surface area contributed by atoms with Crippen LogP contribution in [0.3, 0.4) is 0 Å². The molecule has 0 saturated carbocycles. The number of rotatable bonds is 7. The molecule has 1 atom stereocenters. The molecule has 4 nitrogen and oxygen atoms in total. The minimum atomic E-state index is -0.512. The van der Waals surface area contributed by atoms with Gasteiger partial charge in [-0.1, -0.05) is 11.6 Å². The summed E-state index contributed by atoms with van der Waals surface area (Å²) < 4.78 is 5.74. The van der Waals surface area contributed by atoms with Crippen LogP contribution in [0.2, 0.25) is 5.02 Å². The van der Waals surface area contributed by atoms with Gasteiger partial charge in [-0.25, -0.2) is 0 Å². The molecule has 5 heteroatoms. The first-order valence-corrected chi connectivity index (χ1v) is 8.78. The van der Waals surface area contributed by atoms with Gasteiger partial charge in [0.05, 0.1) is 0 Å². The maximum absolute atomic E-state index is 12.1. The molecule has 128 valence electrons. The standard InChI is InChI=1S/C18H27ClN2O2/c1-13-11-16(12-14(2)17(13)19)23-15(3)18(22)20-7-6-10-21-8-4-5-9-21/h11-12,15H,4-10H2,1-3H3,(H,20,22). The third kappa shape index (κ3) is 5.40. The van der Waals surface area contributed by atoms with Crippen molar-refractivity contribution in [1.29, 1.82) is 0 Å². The number of nitrogens with zero attached hydrogens (tertiary/aromatic N) is 1. The highest BCUT2D eigenvalue weighted by Gasteiger charge is 2.16. The monoisotopic (exact) mass is 338 g/mol. The molecule has 0 aliphatic carbocycles. The number of ether oxygens (including phenoxy) is 1. The van der Waals surface area contributed by atoms with Crippen molar-refractivity contribution in [2.24, 2.45) is 0 Å². The lowest BCUT2D eigenvalue weighted by molar-refractivity contribution is -0.127. The number of hydrogen-bond donors (Lipinski definition) is 1. The highest BCUT2D eigenvalue weighted by molar-refractivity contribution is 6.32. The largest absolute Gasteiger partial charge is 0.481 e. The minimum absolute atomic E-state index is 0.0725. The molecule has 1 unspecified atom stereocenters. The Bertz CT molecular complexity index is 519. The van der Waals surface area contributed by atoms with Gasteiger partial charge in [-0.05, 0) is 82.9 Å². The molecular formula is C18H27ClN2O2. The minimum Gasteiger partial charge on any atom is -0.481 e. The number of halogens is 1. The number of carbonyl (C=O) groups is 1. The number of amides is 1. The van der Waals surface area contributed by atoms with Crippen LogP contribution in [0.4, 0.5) is 0 Å². The Labute approximate surface area is 144 Å². The first-order valence-electron chi connectivity index (χ1n) is 8.41. The molecule has 1 aliphatic heterocycles. The molecule has 0 radical (unpaired) electrons. The lowest BCUT2D eigenvalue weighted by Crippen LogP contribution is -2.37. The van der Waals surface area contributed by atoms with E-state index in [9.17, 15) is 4.79 Å². The molecule has 0 aromatic heterocycles. The van der Waals surface area contributed by atoms with Crippen molar-refractivity contribution in [1.82, 2.24) is 10.2 Å². The predicted octanol–water partition coefficient (Wildman–Crippen LogP) is 3.33. The molecule has 2 rings (SSSR count). The van der Waals surface area contributed by atoms with E-state index in [0.717, 1.165) is 29.1 Å². The zero-order valence-corrected chi connectivity index (χ0v) is 15.1. The average molecular weight is 339 g/mol. The van der Waals surface area contributed by atoms with Gasteiger partial charge in [-0.2, -0.15) is 0 Å². The highest BCUT2D eigenvalue weighted by atomic mass is 35.5. The van der Waals surface area contributed by atoms with Gasteiger partial charge in [0.2, 0.25) is 0 Å². The normalized spacial score (nSPS) is 16.3. The second-order valence-electron chi connectivity index (χ2n) is 6.32. The van der Waals surface area contributed by atoms with Crippen LogP contribution >= 0.6 is 11.6 Å². The van der Waals surface area contributed by atoms with Gasteiger partial charge in [0.15, 0.2) is 6.10 Å². The third-order valence-electron chi connectivity index (χ3n) is 4.24. The molecule has 1 N–H and O–H groups in total. The van der Waals surface area contributed by atoms with Crippen LogP contribution in [0, 0.1) is 13.8 Å². The number of benzene rings is 1. The average Bonchev–Trinajstić information content (AvgIpc) is 3.02. The van der Waals surface area contributed by atoms with Crippen LogP contribution in [0.1, 0.15) is 37.3 Å². The number of hydrogen-bond acceptors (Lipinski definition) is 3. The van der Waals surface area contributed by atoms with Crippen LogP contribution in [-0.2, 0) is 4.79 Å². The Hall–Kier alpha value is -1.26.